The molecule has 1 aromatic heterocycles. The second-order valence-electron chi connectivity index (χ2n) is 5.09. The smallest absolute Gasteiger partial charge is 0.150 e. The lowest BCUT2D eigenvalue weighted by molar-refractivity contribution is 0.608. The molecule has 2 aromatic rings. The van der Waals surface area contributed by atoms with E-state index in [9.17, 15) is 4.39 Å². The van der Waals surface area contributed by atoms with Gasteiger partial charge in [0.1, 0.15) is 11.5 Å². The molecule has 2 rings (SSSR count). The molecule has 0 spiro atoms. The number of aryl methyl sites for hydroxylation is 1. The molecule has 0 amide bonds. The van der Waals surface area contributed by atoms with Gasteiger partial charge in [0.15, 0.2) is 0 Å². The fourth-order valence-corrected chi connectivity index (χ4v) is 2.76. The van der Waals surface area contributed by atoms with E-state index < -0.39 is 0 Å². The van der Waals surface area contributed by atoms with Crippen LogP contribution in [0.4, 0.5) is 4.39 Å². The van der Waals surface area contributed by atoms with Crippen molar-refractivity contribution in [3.8, 4) is 5.69 Å². The van der Waals surface area contributed by atoms with Gasteiger partial charge in [0.2, 0.25) is 0 Å². The van der Waals surface area contributed by atoms with Gasteiger partial charge in [-0.1, -0.05) is 24.6 Å². The third kappa shape index (κ3) is 3.44. The molecule has 0 bridgehead atoms. The van der Waals surface area contributed by atoms with E-state index in [-0.39, 0.29) is 5.82 Å². The molecular weight excluding hydrogens is 289 g/mol. The fraction of sp³-hybridized carbons (Fsp3) is 0.438. The van der Waals surface area contributed by atoms with Crippen LogP contribution in [0.1, 0.15) is 30.3 Å². The summed E-state index contributed by atoms with van der Waals surface area (Å²) in [7, 11) is 0. The van der Waals surface area contributed by atoms with Gasteiger partial charge >= 0.3 is 0 Å². The van der Waals surface area contributed by atoms with Gasteiger partial charge in [-0.25, -0.2) is 9.07 Å². The largest absolute Gasteiger partial charge is 0.317 e. The molecule has 0 atom stereocenters. The van der Waals surface area contributed by atoms with Crippen molar-refractivity contribution in [2.75, 3.05) is 13.1 Å². The van der Waals surface area contributed by atoms with Crippen LogP contribution in [-0.2, 0) is 6.42 Å². The van der Waals surface area contributed by atoms with Crippen LogP contribution >= 0.6 is 11.6 Å². The van der Waals surface area contributed by atoms with E-state index in [1.165, 1.54) is 11.6 Å². The zero-order valence-corrected chi connectivity index (χ0v) is 13.5. The van der Waals surface area contributed by atoms with E-state index in [0.29, 0.717) is 10.7 Å². The van der Waals surface area contributed by atoms with Gasteiger partial charge in [-0.3, -0.25) is 0 Å². The number of nitrogens with one attached hydrogen (secondary N) is 1. The van der Waals surface area contributed by atoms with E-state index in [2.05, 4.69) is 17.3 Å². The lowest BCUT2D eigenvalue weighted by atomic mass is 10.1. The molecular formula is C16H21ClFN3. The molecule has 0 aliphatic heterocycles. The van der Waals surface area contributed by atoms with Crippen molar-refractivity contribution in [3.63, 3.8) is 0 Å². The first-order valence-corrected chi connectivity index (χ1v) is 7.64. The summed E-state index contributed by atoms with van der Waals surface area (Å²) in [6.07, 6.45) is 1.96. The highest BCUT2D eigenvalue weighted by molar-refractivity contribution is 6.32. The quantitative estimate of drug-likeness (QED) is 0.822. The highest BCUT2D eigenvalue weighted by Gasteiger charge is 2.17. The van der Waals surface area contributed by atoms with E-state index in [1.807, 2.05) is 13.8 Å². The summed E-state index contributed by atoms with van der Waals surface area (Å²) in [5.74, 6) is -0.354. The van der Waals surface area contributed by atoms with Gasteiger partial charge in [-0.15, -0.1) is 0 Å². The number of para-hydroxylation sites is 1. The number of hydrogen-bond acceptors (Lipinski definition) is 2. The second kappa shape index (κ2) is 7.05. The van der Waals surface area contributed by atoms with Crippen LogP contribution in [0.3, 0.4) is 0 Å². The first kappa shape index (κ1) is 16.0. The molecule has 0 aliphatic carbocycles. The summed E-state index contributed by atoms with van der Waals surface area (Å²) in [6, 6.07) is 4.69. The number of aromatic nitrogens is 2. The number of benzene rings is 1. The van der Waals surface area contributed by atoms with E-state index in [0.717, 1.165) is 37.3 Å². The Kier molecular flexibility index (Phi) is 5.37. The van der Waals surface area contributed by atoms with Gasteiger partial charge in [0.05, 0.1) is 10.7 Å². The fourth-order valence-electron chi connectivity index (χ4n) is 2.51. The number of rotatable bonds is 6. The van der Waals surface area contributed by atoms with Gasteiger partial charge in [0.25, 0.3) is 0 Å². The highest BCUT2D eigenvalue weighted by Crippen LogP contribution is 2.26. The molecule has 5 heteroatoms. The third-order valence-corrected chi connectivity index (χ3v) is 3.93. The number of halogens is 2. The molecule has 114 valence electrons. The third-order valence-electron chi connectivity index (χ3n) is 3.62. The van der Waals surface area contributed by atoms with E-state index in [1.54, 1.807) is 16.8 Å². The van der Waals surface area contributed by atoms with E-state index in [4.69, 9.17) is 11.6 Å². The summed E-state index contributed by atoms with van der Waals surface area (Å²) in [5.41, 5.74) is 3.39. The van der Waals surface area contributed by atoms with Crippen molar-refractivity contribution < 1.29 is 4.39 Å². The van der Waals surface area contributed by atoms with Crippen molar-refractivity contribution in [3.05, 3.63) is 46.0 Å². The Balaban J connectivity index is 2.31. The maximum Gasteiger partial charge on any atom is 0.150 e. The van der Waals surface area contributed by atoms with Crippen molar-refractivity contribution in [1.82, 2.24) is 15.1 Å². The predicted molar refractivity (Wildman–Crippen MR) is 84.9 cm³/mol. The van der Waals surface area contributed by atoms with Crippen LogP contribution in [0.5, 0.6) is 0 Å². The Labute approximate surface area is 130 Å². The molecule has 1 heterocycles. The number of hydrogen-bond donors (Lipinski definition) is 1. The Morgan fingerprint density at radius 3 is 2.76 bits per heavy atom. The molecule has 0 saturated heterocycles. The van der Waals surface area contributed by atoms with Crippen LogP contribution in [0.15, 0.2) is 18.2 Å². The monoisotopic (exact) mass is 309 g/mol. The zero-order valence-electron chi connectivity index (χ0n) is 12.7. The summed E-state index contributed by atoms with van der Waals surface area (Å²) >= 11 is 6.13. The van der Waals surface area contributed by atoms with Gasteiger partial charge < -0.3 is 5.32 Å². The summed E-state index contributed by atoms with van der Waals surface area (Å²) < 4.78 is 15.7. The zero-order chi connectivity index (χ0) is 15.4. The van der Waals surface area contributed by atoms with Crippen LogP contribution in [0, 0.1) is 19.7 Å². The Morgan fingerprint density at radius 1 is 1.33 bits per heavy atom. The lowest BCUT2D eigenvalue weighted by Crippen LogP contribution is -2.14. The molecule has 0 aliphatic rings. The maximum atomic E-state index is 14.1. The van der Waals surface area contributed by atoms with Crippen LogP contribution in [0.2, 0.25) is 5.02 Å². The standard InChI is InChI=1S/C16H21ClFN3/c1-4-19-10-6-7-13-11(2)20-21(12(13)3)16-14(17)8-5-9-15(16)18/h5,8-9,19H,4,6-7,10H2,1-3H3. The topological polar surface area (TPSA) is 29.9 Å². The van der Waals surface area contributed by atoms with Gasteiger partial charge in [-0.05, 0) is 57.5 Å². The van der Waals surface area contributed by atoms with Crippen LogP contribution in [-0.4, -0.2) is 22.9 Å². The maximum absolute atomic E-state index is 14.1. The molecule has 1 N–H and O–H groups in total. The molecule has 0 radical (unpaired) electrons. The molecule has 1 aromatic carbocycles. The van der Waals surface area contributed by atoms with Gasteiger partial charge in [-0.2, -0.15) is 5.10 Å². The highest BCUT2D eigenvalue weighted by atomic mass is 35.5. The van der Waals surface area contributed by atoms with Crippen molar-refractivity contribution in [1.29, 1.82) is 0 Å². The van der Waals surface area contributed by atoms with Gasteiger partial charge in [0, 0.05) is 5.69 Å². The van der Waals surface area contributed by atoms with Crippen LogP contribution < -0.4 is 5.32 Å². The first-order valence-electron chi connectivity index (χ1n) is 7.26. The minimum absolute atomic E-state index is 0.331. The average Bonchev–Trinajstić information content (AvgIpc) is 2.71. The minimum atomic E-state index is -0.354. The summed E-state index contributed by atoms with van der Waals surface area (Å²) in [5, 5.41) is 8.15. The van der Waals surface area contributed by atoms with Crippen molar-refractivity contribution in [2.45, 2.75) is 33.6 Å². The molecule has 3 nitrogen and oxygen atoms in total. The summed E-state index contributed by atoms with van der Waals surface area (Å²) in [4.78, 5) is 0. The molecule has 21 heavy (non-hydrogen) atoms. The normalized spacial score (nSPS) is 11.1. The second-order valence-corrected chi connectivity index (χ2v) is 5.50. The average molecular weight is 310 g/mol. The Morgan fingerprint density at radius 2 is 2.10 bits per heavy atom. The summed E-state index contributed by atoms with van der Waals surface area (Å²) in [6.45, 7) is 7.96. The Hall–Kier alpha value is -1.39. The molecule has 0 unspecified atom stereocenters. The van der Waals surface area contributed by atoms with Crippen LogP contribution in [0.25, 0.3) is 5.69 Å². The van der Waals surface area contributed by atoms with Crippen molar-refractivity contribution >= 4 is 11.6 Å². The van der Waals surface area contributed by atoms with Crippen molar-refractivity contribution in [2.24, 2.45) is 0 Å². The predicted octanol–water partition coefficient (Wildman–Crippen LogP) is 3.82. The minimum Gasteiger partial charge on any atom is -0.317 e. The lowest BCUT2D eigenvalue weighted by Gasteiger charge is -2.09. The van der Waals surface area contributed by atoms with E-state index >= 15 is 0 Å². The molecule has 0 fully saturated rings. The first-order chi connectivity index (χ1) is 10.1. The Bertz CT molecular complexity index is 602. The molecule has 0 saturated carbocycles. The number of nitrogens with zero attached hydrogens (tertiary/aromatic N) is 2. The SMILES string of the molecule is CCNCCCc1c(C)nn(-c2c(F)cccc2Cl)c1C.